The molecule has 0 aliphatic rings. The molecule has 4 heteroatoms. The summed E-state index contributed by atoms with van der Waals surface area (Å²) in [4.78, 5) is 0. The fraction of sp³-hybridized carbons (Fsp3) is 0.231. The van der Waals surface area contributed by atoms with Gasteiger partial charge in [0.15, 0.2) is 0 Å². The highest BCUT2D eigenvalue weighted by Gasteiger charge is 2.26. The van der Waals surface area contributed by atoms with E-state index in [1.165, 1.54) is 18.6 Å². The quantitative estimate of drug-likeness (QED) is 0.909. The molecule has 2 rings (SSSR count). The van der Waals surface area contributed by atoms with E-state index in [2.05, 4.69) is 0 Å². The lowest BCUT2D eigenvalue weighted by atomic mass is 9.91. The highest BCUT2D eigenvalue weighted by molar-refractivity contribution is 6.30. The summed E-state index contributed by atoms with van der Waals surface area (Å²) in [5, 5.41) is 10.3. The number of hydrogen-bond acceptors (Lipinski definition) is 2. The van der Waals surface area contributed by atoms with Gasteiger partial charge in [0.2, 0.25) is 0 Å². The van der Waals surface area contributed by atoms with Gasteiger partial charge < -0.3 is 9.52 Å². The van der Waals surface area contributed by atoms with Crippen LogP contribution in [0.1, 0.15) is 18.1 Å². The van der Waals surface area contributed by atoms with Crippen molar-refractivity contribution < 1.29 is 13.9 Å². The predicted octanol–water partition coefficient (Wildman–Crippen LogP) is 3.52. The number of aliphatic hydroxyl groups is 1. The van der Waals surface area contributed by atoms with E-state index >= 15 is 0 Å². The Bertz CT molecular complexity index is 506. The number of halogens is 2. The van der Waals surface area contributed by atoms with Crippen LogP contribution in [0.2, 0.25) is 5.02 Å². The zero-order chi connectivity index (χ0) is 12.5. The minimum absolute atomic E-state index is 0.0606. The fourth-order valence-electron chi connectivity index (χ4n) is 1.73. The summed E-state index contributed by atoms with van der Waals surface area (Å²) in [6.07, 6.45) is 3.06. The van der Waals surface area contributed by atoms with Gasteiger partial charge in [-0.3, -0.25) is 0 Å². The summed E-state index contributed by atoms with van der Waals surface area (Å²) in [5.74, 6) is -0.488. The molecule has 0 aliphatic carbocycles. The third-order valence-electron chi connectivity index (χ3n) is 2.71. The van der Waals surface area contributed by atoms with E-state index in [1.807, 2.05) is 0 Å². The van der Waals surface area contributed by atoms with Crippen LogP contribution in [0.4, 0.5) is 4.39 Å². The van der Waals surface area contributed by atoms with Crippen LogP contribution in [-0.4, -0.2) is 5.11 Å². The molecule has 0 radical (unpaired) electrons. The molecule has 0 saturated heterocycles. The number of benzene rings is 1. The lowest BCUT2D eigenvalue weighted by Crippen LogP contribution is -2.24. The van der Waals surface area contributed by atoms with Gasteiger partial charge in [0.1, 0.15) is 5.82 Å². The van der Waals surface area contributed by atoms with Crippen molar-refractivity contribution in [3.8, 4) is 0 Å². The van der Waals surface area contributed by atoms with Crippen molar-refractivity contribution in [2.45, 2.75) is 18.9 Å². The highest BCUT2D eigenvalue weighted by Crippen LogP contribution is 2.28. The Morgan fingerprint density at radius 2 is 2.18 bits per heavy atom. The van der Waals surface area contributed by atoms with Crippen molar-refractivity contribution in [3.63, 3.8) is 0 Å². The van der Waals surface area contributed by atoms with Crippen LogP contribution in [0.5, 0.6) is 0 Å². The van der Waals surface area contributed by atoms with Gasteiger partial charge in [0, 0.05) is 12.0 Å². The minimum atomic E-state index is -1.18. The van der Waals surface area contributed by atoms with Gasteiger partial charge in [-0.1, -0.05) is 23.7 Å². The summed E-state index contributed by atoms with van der Waals surface area (Å²) in [6, 6.07) is 6.40. The monoisotopic (exact) mass is 254 g/mol. The first-order valence-corrected chi connectivity index (χ1v) is 5.56. The molecular formula is C13H12ClFO2. The number of furan rings is 1. The molecule has 0 amide bonds. The third kappa shape index (κ3) is 2.51. The van der Waals surface area contributed by atoms with Gasteiger partial charge in [0.25, 0.3) is 0 Å². The molecular weight excluding hydrogens is 243 g/mol. The van der Waals surface area contributed by atoms with E-state index < -0.39 is 11.4 Å². The van der Waals surface area contributed by atoms with Crippen molar-refractivity contribution >= 4 is 11.6 Å². The zero-order valence-electron chi connectivity index (χ0n) is 9.28. The van der Waals surface area contributed by atoms with Crippen LogP contribution in [0.15, 0.2) is 41.2 Å². The van der Waals surface area contributed by atoms with Gasteiger partial charge in [-0.25, -0.2) is 4.39 Å². The maximum Gasteiger partial charge on any atom is 0.145 e. The second-order valence-electron chi connectivity index (χ2n) is 4.18. The zero-order valence-corrected chi connectivity index (χ0v) is 10.0. The molecule has 1 aromatic heterocycles. The Hall–Kier alpha value is -1.32. The van der Waals surface area contributed by atoms with E-state index in [4.69, 9.17) is 16.0 Å². The first-order chi connectivity index (χ1) is 8.00. The van der Waals surface area contributed by atoms with Gasteiger partial charge in [-0.15, -0.1) is 0 Å². The average molecular weight is 255 g/mol. The average Bonchev–Trinajstić information content (AvgIpc) is 2.78. The first-order valence-electron chi connectivity index (χ1n) is 5.18. The van der Waals surface area contributed by atoms with Crippen LogP contribution in [0, 0.1) is 5.82 Å². The van der Waals surface area contributed by atoms with Crippen molar-refractivity contribution in [2.24, 2.45) is 0 Å². The molecule has 1 N–H and O–H groups in total. The van der Waals surface area contributed by atoms with E-state index in [1.54, 1.807) is 25.1 Å². The molecule has 2 aromatic rings. The highest BCUT2D eigenvalue weighted by atomic mass is 35.5. The summed E-state index contributed by atoms with van der Waals surface area (Å²) >= 11 is 5.69. The van der Waals surface area contributed by atoms with Crippen LogP contribution >= 0.6 is 11.6 Å². The van der Waals surface area contributed by atoms with E-state index in [9.17, 15) is 9.50 Å². The summed E-state index contributed by atoms with van der Waals surface area (Å²) in [6.45, 7) is 1.61. The van der Waals surface area contributed by atoms with Crippen LogP contribution in [0.3, 0.4) is 0 Å². The molecule has 0 fully saturated rings. The Kier molecular flexibility index (Phi) is 3.22. The standard InChI is InChI=1S/C13H12ClFO2/c1-13(16,10-5-6-17-8-10)7-9-3-2-4-11(14)12(9)15/h2-6,8,16H,7H2,1H3. The summed E-state index contributed by atoms with van der Waals surface area (Å²) in [5.41, 5.74) is -0.195. The van der Waals surface area contributed by atoms with E-state index in [0.29, 0.717) is 11.1 Å². The third-order valence-corrected chi connectivity index (χ3v) is 3.00. The second kappa shape index (κ2) is 4.51. The molecule has 0 saturated carbocycles. The lowest BCUT2D eigenvalue weighted by Gasteiger charge is -2.22. The second-order valence-corrected chi connectivity index (χ2v) is 4.58. The van der Waals surface area contributed by atoms with Crippen molar-refractivity contribution in [1.29, 1.82) is 0 Å². The maximum atomic E-state index is 13.7. The molecule has 1 unspecified atom stereocenters. The Balaban J connectivity index is 2.29. The van der Waals surface area contributed by atoms with Crippen LogP contribution in [-0.2, 0) is 12.0 Å². The normalized spacial score (nSPS) is 14.6. The SMILES string of the molecule is CC(O)(Cc1cccc(Cl)c1F)c1ccoc1. The van der Waals surface area contributed by atoms with Gasteiger partial charge in [0.05, 0.1) is 23.2 Å². The summed E-state index contributed by atoms with van der Waals surface area (Å²) in [7, 11) is 0. The Labute approximate surface area is 104 Å². The number of rotatable bonds is 3. The van der Waals surface area contributed by atoms with Gasteiger partial charge >= 0.3 is 0 Å². The molecule has 1 atom stereocenters. The van der Waals surface area contributed by atoms with E-state index in [-0.39, 0.29) is 11.4 Å². The maximum absolute atomic E-state index is 13.7. The van der Waals surface area contributed by atoms with Crippen molar-refractivity contribution in [3.05, 3.63) is 58.8 Å². The molecule has 90 valence electrons. The van der Waals surface area contributed by atoms with Gasteiger partial charge in [-0.05, 0) is 24.6 Å². The molecule has 0 bridgehead atoms. The molecule has 0 spiro atoms. The number of hydrogen-bond donors (Lipinski definition) is 1. The molecule has 17 heavy (non-hydrogen) atoms. The predicted molar refractivity (Wildman–Crippen MR) is 63.4 cm³/mol. The largest absolute Gasteiger partial charge is 0.472 e. The first kappa shape index (κ1) is 12.1. The molecule has 1 aromatic carbocycles. The molecule has 2 nitrogen and oxygen atoms in total. The van der Waals surface area contributed by atoms with Crippen LogP contribution < -0.4 is 0 Å². The van der Waals surface area contributed by atoms with Crippen molar-refractivity contribution in [1.82, 2.24) is 0 Å². The smallest absolute Gasteiger partial charge is 0.145 e. The topological polar surface area (TPSA) is 33.4 Å². The minimum Gasteiger partial charge on any atom is -0.472 e. The molecule has 1 heterocycles. The fourth-order valence-corrected chi connectivity index (χ4v) is 1.92. The Morgan fingerprint density at radius 1 is 1.41 bits per heavy atom. The molecule has 0 aliphatic heterocycles. The van der Waals surface area contributed by atoms with Gasteiger partial charge in [-0.2, -0.15) is 0 Å². The van der Waals surface area contributed by atoms with Crippen molar-refractivity contribution in [2.75, 3.05) is 0 Å². The van der Waals surface area contributed by atoms with E-state index in [0.717, 1.165) is 0 Å². The Morgan fingerprint density at radius 3 is 2.82 bits per heavy atom. The summed E-state index contributed by atoms with van der Waals surface area (Å²) < 4.78 is 18.6. The lowest BCUT2D eigenvalue weighted by molar-refractivity contribution is 0.0561. The van der Waals surface area contributed by atoms with Crippen LogP contribution in [0.25, 0.3) is 0 Å².